The summed E-state index contributed by atoms with van der Waals surface area (Å²) >= 11 is 1.60. The number of carbonyl (C=O) groups is 1. The van der Waals surface area contributed by atoms with Crippen LogP contribution in [0, 0.1) is 6.92 Å². The third kappa shape index (κ3) is 4.50. The smallest absolute Gasteiger partial charge is 0.323 e. The molecule has 4 aromatic rings. The predicted molar refractivity (Wildman–Crippen MR) is 127 cm³/mol. The van der Waals surface area contributed by atoms with Gasteiger partial charge in [-0.3, -0.25) is 0 Å². The lowest BCUT2D eigenvalue weighted by Crippen LogP contribution is -2.19. The summed E-state index contributed by atoms with van der Waals surface area (Å²) in [5, 5.41) is 6.60. The maximum Gasteiger partial charge on any atom is 0.323 e. The average molecular weight is 434 g/mol. The number of thiophene rings is 1. The number of carbonyl (C=O) groups excluding carboxylic acids is 1. The van der Waals surface area contributed by atoms with Gasteiger partial charge in [-0.1, -0.05) is 30.3 Å². The molecule has 4 N–H and O–H groups in total. The summed E-state index contributed by atoms with van der Waals surface area (Å²) in [4.78, 5) is 22.9. The number of aryl methyl sites for hydroxylation is 1. The summed E-state index contributed by atoms with van der Waals surface area (Å²) in [6.07, 6.45) is 2.24. The van der Waals surface area contributed by atoms with E-state index in [4.69, 9.17) is 10.5 Å². The van der Waals surface area contributed by atoms with Crippen LogP contribution in [0.5, 0.6) is 0 Å². The Morgan fingerprint density at radius 3 is 2.61 bits per heavy atom. The van der Waals surface area contributed by atoms with Crippen LogP contribution in [0.2, 0.25) is 0 Å². The second-order valence-electron chi connectivity index (χ2n) is 7.05. The molecule has 2 heterocycles. The number of nitrogens with zero attached hydrogens (tertiary/aromatic N) is 2. The zero-order valence-corrected chi connectivity index (χ0v) is 18.1. The molecule has 0 bridgehead atoms. The van der Waals surface area contributed by atoms with Gasteiger partial charge in [0.15, 0.2) is 0 Å². The number of fused-ring (bicyclic) bond motifs is 1. The molecule has 0 spiro atoms. The largest absolute Gasteiger partial charge is 0.384 e. The van der Waals surface area contributed by atoms with Crippen LogP contribution in [-0.2, 0) is 11.2 Å². The Labute approximate surface area is 184 Å². The molecule has 0 aliphatic heterocycles. The highest BCUT2D eigenvalue weighted by atomic mass is 32.1. The molecule has 4 rings (SSSR count). The van der Waals surface area contributed by atoms with Crippen molar-refractivity contribution in [2.45, 2.75) is 13.3 Å². The number of anilines is 3. The first-order chi connectivity index (χ1) is 15.1. The van der Waals surface area contributed by atoms with E-state index >= 15 is 0 Å². The molecule has 0 fully saturated rings. The zero-order valence-electron chi connectivity index (χ0n) is 17.3. The number of rotatable bonds is 6. The fraction of sp³-hybridized carbons (Fsp3) is 0.174. The molecule has 0 unspecified atom stereocenters. The highest BCUT2D eigenvalue weighted by molar-refractivity contribution is 7.19. The predicted octanol–water partition coefficient (Wildman–Crippen LogP) is 5.08. The number of benzene rings is 2. The highest BCUT2D eigenvalue weighted by Crippen LogP contribution is 2.40. The maximum atomic E-state index is 12.4. The molecular formula is C23H23N5O2S. The van der Waals surface area contributed by atoms with Crippen molar-refractivity contribution in [1.29, 1.82) is 0 Å². The van der Waals surface area contributed by atoms with Crippen molar-refractivity contribution in [3.63, 3.8) is 0 Å². The number of ether oxygens (including phenoxy) is 1. The zero-order chi connectivity index (χ0) is 21.8. The Bertz CT molecular complexity index is 1220. The lowest BCUT2D eigenvalue weighted by Gasteiger charge is -2.11. The molecule has 2 aromatic heterocycles. The van der Waals surface area contributed by atoms with Crippen LogP contribution in [0.1, 0.15) is 10.4 Å². The quantitative estimate of drug-likeness (QED) is 0.393. The van der Waals surface area contributed by atoms with Crippen molar-refractivity contribution in [3.8, 4) is 11.1 Å². The highest BCUT2D eigenvalue weighted by Gasteiger charge is 2.18. The molecule has 0 radical (unpaired) electrons. The van der Waals surface area contributed by atoms with Crippen LogP contribution < -0.4 is 16.4 Å². The fourth-order valence-electron chi connectivity index (χ4n) is 3.40. The summed E-state index contributed by atoms with van der Waals surface area (Å²) in [5.41, 5.74) is 10.7. The van der Waals surface area contributed by atoms with E-state index in [2.05, 4.69) is 20.6 Å². The summed E-state index contributed by atoms with van der Waals surface area (Å²) in [5.74, 6) is 0.458. The number of nitrogens with two attached hydrogens (primary N) is 1. The fourth-order valence-corrected chi connectivity index (χ4v) is 4.55. The molecule has 158 valence electrons. The van der Waals surface area contributed by atoms with Gasteiger partial charge in [-0.05, 0) is 36.2 Å². The Kier molecular flexibility index (Phi) is 6.11. The van der Waals surface area contributed by atoms with Crippen molar-refractivity contribution in [2.75, 3.05) is 30.1 Å². The van der Waals surface area contributed by atoms with Crippen LogP contribution >= 0.6 is 11.3 Å². The molecule has 0 atom stereocenters. The number of urea groups is 1. The van der Waals surface area contributed by atoms with E-state index in [9.17, 15) is 4.79 Å². The second-order valence-corrected chi connectivity index (χ2v) is 8.14. The molecule has 0 saturated carbocycles. The number of aromatic nitrogens is 2. The lowest BCUT2D eigenvalue weighted by molar-refractivity contribution is 0.203. The van der Waals surface area contributed by atoms with Gasteiger partial charge in [0.2, 0.25) is 0 Å². The summed E-state index contributed by atoms with van der Waals surface area (Å²) in [6, 6.07) is 15.0. The van der Waals surface area contributed by atoms with Crippen molar-refractivity contribution in [3.05, 3.63) is 65.3 Å². The van der Waals surface area contributed by atoms with Crippen LogP contribution in [0.4, 0.5) is 22.0 Å². The van der Waals surface area contributed by atoms with Crippen molar-refractivity contribution < 1.29 is 9.53 Å². The van der Waals surface area contributed by atoms with E-state index in [0.717, 1.165) is 43.9 Å². The SMILES string of the molecule is COCCc1sc2ncnc(N)c2c1-c1ccc(NC(=O)Nc2ccccc2C)cc1. The maximum absolute atomic E-state index is 12.4. The van der Waals surface area contributed by atoms with Gasteiger partial charge < -0.3 is 21.1 Å². The van der Waals surface area contributed by atoms with E-state index in [1.165, 1.54) is 6.33 Å². The van der Waals surface area contributed by atoms with Crippen LogP contribution in [0.15, 0.2) is 54.9 Å². The third-order valence-corrected chi connectivity index (χ3v) is 6.11. The molecular weight excluding hydrogens is 410 g/mol. The number of para-hydroxylation sites is 1. The van der Waals surface area contributed by atoms with E-state index in [1.54, 1.807) is 18.4 Å². The van der Waals surface area contributed by atoms with E-state index < -0.39 is 0 Å². The van der Waals surface area contributed by atoms with E-state index in [-0.39, 0.29) is 6.03 Å². The third-order valence-electron chi connectivity index (χ3n) is 4.95. The monoisotopic (exact) mass is 433 g/mol. The first-order valence-electron chi connectivity index (χ1n) is 9.81. The number of nitrogens with one attached hydrogen (secondary N) is 2. The van der Waals surface area contributed by atoms with Gasteiger partial charge in [0, 0.05) is 35.3 Å². The number of hydrogen-bond acceptors (Lipinski definition) is 6. The van der Waals surface area contributed by atoms with Gasteiger partial charge in [0.05, 0.1) is 12.0 Å². The Balaban J connectivity index is 1.59. The van der Waals surface area contributed by atoms with Gasteiger partial charge in [-0.25, -0.2) is 14.8 Å². The van der Waals surface area contributed by atoms with Gasteiger partial charge in [-0.2, -0.15) is 0 Å². The first kappa shape index (κ1) is 20.8. The normalized spacial score (nSPS) is 10.9. The van der Waals surface area contributed by atoms with Crippen LogP contribution in [0.3, 0.4) is 0 Å². The van der Waals surface area contributed by atoms with Gasteiger partial charge >= 0.3 is 6.03 Å². The van der Waals surface area contributed by atoms with Gasteiger partial charge in [-0.15, -0.1) is 11.3 Å². The second kappa shape index (κ2) is 9.11. The van der Waals surface area contributed by atoms with Crippen molar-refractivity contribution in [2.24, 2.45) is 0 Å². The molecule has 2 amide bonds. The van der Waals surface area contributed by atoms with Crippen molar-refractivity contribution >= 4 is 44.8 Å². The molecule has 8 heteroatoms. The molecule has 7 nitrogen and oxygen atoms in total. The molecule has 0 aliphatic carbocycles. The summed E-state index contributed by atoms with van der Waals surface area (Å²) in [6.45, 7) is 2.55. The molecule has 0 saturated heterocycles. The topological polar surface area (TPSA) is 102 Å². The average Bonchev–Trinajstić information content (AvgIpc) is 3.14. The number of amides is 2. The van der Waals surface area contributed by atoms with Crippen molar-refractivity contribution in [1.82, 2.24) is 9.97 Å². The number of nitrogen functional groups attached to an aromatic ring is 1. The van der Waals surface area contributed by atoms with Crippen LogP contribution in [0.25, 0.3) is 21.3 Å². The van der Waals surface area contributed by atoms with Gasteiger partial charge in [0.25, 0.3) is 0 Å². The van der Waals surface area contributed by atoms with E-state index in [0.29, 0.717) is 18.1 Å². The first-order valence-corrected chi connectivity index (χ1v) is 10.6. The summed E-state index contributed by atoms with van der Waals surface area (Å²) in [7, 11) is 1.68. The van der Waals surface area contributed by atoms with E-state index in [1.807, 2.05) is 55.5 Å². The number of hydrogen-bond donors (Lipinski definition) is 3. The molecule has 0 aliphatic rings. The Morgan fingerprint density at radius 1 is 1.10 bits per heavy atom. The molecule has 31 heavy (non-hydrogen) atoms. The molecule has 2 aromatic carbocycles. The standard InChI is InChI=1S/C23H23N5O2S/c1-14-5-3-4-6-17(14)28-23(29)27-16-9-7-15(8-10-16)19-18(11-12-30-2)31-22-20(19)21(24)25-13-26-22/h3-10,13H,11-12H2,1-2H3,(H2,24,25,26)(H2,27,28,29). The summed E-state index contributed by atoms with van der Waals surface area (Å²) < 4.78 is 5.27. The lowest BCUT2D eigenvalue weighted by atomic mass is 10.0. The van der Waals surface area contributed by atoms with Gasteiger partial charge in [0.1, 0.15) is 17.0 Å². The Hall–Kier alpha value is -3.49. The minimum Gasteiger partial charge on any atom is -0.384 e. The van der Waals surface area contributed by atoms with Crippen LogP contribution in [-0.4, -0.2) is 29.7 Å². The number of methoxy groups -OCH3 is 1. The Morgan fingerprint density at radius 2 is 1.87 bits per heavy atom. The minimum absolute atomic E-state index is 0.290. The minimum atomic E-state index is -0.290.